The van der Waals surface area contributed by atoms with Crippen molar-refractivity contribution in [1.29, 1.82) is 0 Å². The number of nitrogens with zero attached hydrogens (tertiary/aromatic N) is 1. The monoisotopic (exact) mass is 209 g/mol. The highest BCUT2D eigenvalue weighted by molar-refractivity contribution is 5.81. The van der Waals surface area contributed by atoms with Crippen molar-refractivity contribution < 1.29 is 4.79 Å². The zero-order valence-electron chi connectivity index (χ0n) is 10.3. The summed E-state index contributed by atoms with van der Waals surface area (Å²) in [6.07, 6.45) is 4.06. The van der Waals surface area contributed by atoms with Gasteiger partial charge in [-0.25, -0.2) is 0 Å². The molecule has 0 amide bonds. The number of carbonyl (C=O) groups is 1. The van der Waals surface area contributed by atoms with E-state index in [1.807, 2.05) is 0 Å². The molecule has 2 rings (SSSR count). The van der Waals surface area contributed by atoms with E-state index in [4.69, 9.17) is 0 Å². The Labute approximate surface area is 93.0 Å². The fourth-order valence-corrected chi connectivity index (χ4v) is 2.93. The third kappa shape index (κ3) is 2.41. The molecule has 0 aromatic rings. The molecule has 86 valence electrons. The average Bonchev–Trinajstić information content (AvgIpc) is 2.69. The van der Waals surface area contributed by atoms with Gasteiger partial charge in [0, 0.05) is 25.4 Å². The van der Waals surface area contributed by atoms with E-state index in [0.717, 1.165) is 25.2 Å². The van der Waals surface area contributed by atoms with Gasteiger partial charge in [0.2, 0.25) is 0 Å². The Morgan fingerprint density at radius 3 is 2.47 bits per heavy atom. The molecule has 2 atom stereocenters. The van der Waals surface area contributed by atoms with E-state index in [2.05, 4.69) is 25.7 Å². The van der Waals surface area contributed by atoms with Gasteiger partial charge in [-0.05, 0) is 30.7 Å². The van der Waals surface area contributed by atoms with Crippen LogP contribution in [-0.4, -0.2) is 29.8 Å². The van der Waals surface area contributed by atoms with E-state index in [0.29, 0.717) is 17.2 Å². The van der Waals surface area contributed by atoms with Gasteiger partial charge in [-0.3, -0.25) is 9.69 Å². The smallest absolute Gasteiger partial charge is 0.134 e. The van der Waals surface area contributed by atoms with Crippen molar-refractivity contribution in [1.82, 2.24) is 4.90 Å². The minimum Gasteiger partial charge on any atom is -0.300 e. The minimum atomic E-state index is 0.428. The summed E-state index contributed by atoms with van der Waals surface area (Å²) in [5.74, 6) is 1.28. The maximum Gasteiger partial charge on any atom is 0.134 e. The molecule has 0 spiro atoms. The number of rotatable bonds is 1. The van der Waals surface area contributed by atoms with Crippen molar-refractivity contribution in [2.24, 2.45) is 11.3 Å². The molecule has 0 bridgehead atoms. The number of hydrogen-bond donors (Lipinski definition) is 0. The summed E-state index contributed by atoms with van der Waals surface area (Å²) in [6.45, 7) is 9.42. The molecule has 15 heavy (non-hydrogen) atoms. The molecule has 1 aliphatic heterocycles. The highest BCUT2D eigenvalue weighted by Gasteiger charge is 2.36. The van der Waals surface area contributed by atoms with Crippen LogP contribution in [-0.2, 0) is 4.79 Å². The van der Waals surface area contributed by atoms with Crippen molar-refractivity contribution >= 4 is 5.78 Å². The van der Waals surface area contributed by atoms with Crippen LogP contribution in [0.15, 0.2) is 0 Å². The van der Waals surface area contributed by atoms with Crippen molar-refractivity contribution in [2.45, 2.75) is 52.5 Å². The summed E-state index contributed by atoms with van der Waals surface area (Å²) in [5, 5.41) is 0. The lowest BCUT2D eigenvalue weighted by molar-refractivity contribution is -0.117. The SMILES string of the molecule is CC(C)(C)C1CCN(C2CCC(=O)C2)C1. The third-order valence-electron chi connectivity index (χ3n) is 4.18. The fourth-order valence-electron chi connectivity index (χ4n) is 2.93. The third-order valence-corrected chi connectivity index (χ3v) is 4.18. The summed E-state index contributed by atoms with van der Waals surface area (Å²) in [4.78, 5) is 13.8. The second-order valence-electron chi connectivity index (χ2n) is 6.28. The zero-order chi connectivity index (χ0) is 11.1. The van der Waals surface area contributed by atoms with Gasteiger partial charge in [0.05, 0.1) is 0 Å². The van der Waals surface area contributed by atoms with Crippen LogP contribution in [0.25, 0.3) is 0 Å². The minimum absolute atomic E-state index is 0.428. The van der Waals surface area contributed by atoms with Gasteiger partial charge in [0.15, 0.2) is 0 Å². The lowest BCUT2D eigenvalue weighted by Crippen LogP contribution is -2.33. The second kappa shape index (κ2) is 3.89. The lowest BCUT2D eigenvalue weighted by atomic mass is 9.80. The Hall–Kier alpha value is -0.370. The van der Waals surface area contributed by atoms with Crippen molar-refractivity contribution in [3.05, 3.63) is 0 Å². The van der Waals surface area contributed by atoms with Crippen LogP contribution in [0.5, 0.6) is 0 Å². The topological polar surface area (TPSA) is 20.3 Å². The van der Waals surface area contributed by atoms with Crippen LogP contribution in [0, 0.1) is 11.3 Å². The Balaban J connectivity index is 1.90. The van der Waals surface area contributed by atoms with Gasteiger partial charge in [-0.2, -0.15) is 0 Å². The predicted octanol–water partition coefficient (Wildman–Crippen LogP) is 2.48. The summed E-state index contributed by atoms with van der Waals surface area (Å²) in [7, 11) is 0. The van der Waals surface area contributed by atoms with Gasteiger partial charge in [-0.1, -0.05) is 20.8 Å². The molecule has 1 heterocycles. The number of carbonyl (C=O) groups excluding carboxylic acids is 1. The molecular formula is C13H23NO. The first-order chi connectivity index (χ1) is 6.97. The molecule has 2 nitrogen and oxygen atoms in total. The predicted molar refractivity (Wildman–Crippen MR) is 61.8 cm³/mol. The van der Waals surface area contributed by atoms with Gasteiger partial charge in [0.25, 0.3) is 0 Å². The van der Waals surface area contributed by atoms with E-state index in [1.165, 1.54) is 19.5 Å². The maximum absolute atomic E-state index is 11.3. The molecule has 2 aliphatic rings. The molecule has 2 unspecified atom stereocenters. The first-order valence-electron chi connectivity index (χ1n) is 6.22. The van der Waals surface area contributed by atoms with Gasteiger partial charge in [0.1, 0.15) is 5.78 Å². The molecular weight excluding hydrogens is 186 g/mol. The fraction of sp³-hybridized carbons (Fsp3) is 0.923. The van der Waals surface area contributed by atoms with Gasteiger partial charge < -0.3 is 0 Å². The number of ketones is 1. The Morgan fingerprint density at radius 1 is 1.27 bits per heavy atom. The molecule has 0 N–H and O–H groups in total. The Kier molecular flexibility index (Phi) is 2.89. The van der Waals surface area contributed by atoms with E-state index in [-0.39, 0.29) is 0 Å². The van der Waals surface area contributed by atoms with Crippen LogP contribution in [0.2, 0.25) is 0 Å². The highest BCUT2D eigenvalue weighted by atomic mass is 16.1. The van der Waals surface area contributed by atoms with E-state index in [9.17, 15) is 4.79 Å². The maximum atomic E-state index is 11.3. The Morgan fingerprint density at radius 2 is 2.00 bits per heavy atom. The first-order valence-corrected chi connectivity index (χ1v) is 6.22. The molecule has 2 heteroatoms. The van der Waals surface area contributed by atoms with E-state index in [1.54, 1.807) is 0 Å². The summed E-state index contributed by atoms with van der Waals surface area (Å²) >= 11 is 0. The first kappa shape index (κ1) is 11.1. The number of Topliss-reactive ketones (excluding diaryl/α,β-unsaturated/α-hetero) is 1. The second-order valence-corrected chi connectivity index (χ2v) is 6.28. The van der Waals surface area contributed by atoms with Crippen LogP contribution in [0.4, 0.5) is 0 Å². The number of hydrogen-bond acceptors (Lipinski definition) is 2. The quantitative estimate of drug-likeness (QED) is 0.661. The molecule has 1 saturated heterocycles. The molecule has 1 saturated carbocycles. The van der Waals surface area contributed by atoms with Crippen LogP contribution in [0.1, 0.15) is 46.5 Å². The summed E-state index contributed by atoms with van der Waals surface area (Å²) < 4.78 is 0. The molecule has 1 aliphatic carbocycles. The van der Waals surface area contributed by atoms with Crippen molar-refractivity contribution in [3.63, 3.8) is 0 Å². The van der Waals surface area contributed by atoms with E-state index < -0.39 is 0 Å². The van der Waals surface area contributed by atoms with Crippen LogP contribution < -0.4 is 0 Å². The van der Waals surface area contributed by atoms with Gasteiger partial charge in [-0.15, -0.1) is 0 Å². The van der Waals surface area contributed by atoms with Gasteiger partial charge >= 0.3 is 0 Å². The lowest BCUT2D eigenvalue weighted by Gasteiger charge is -2.28. The number of likely N-dealkylation sites (tertiary alicyclic amines) is 1. The average molecular weight is 209 g/mol. The summed E-state index contributed by atoms with van der Waals surface area (Å²) in [5.41, 5.74) is 0.428. The standard InChI is InChI=1S/C13H23NO/c1-13(2,3)10-6-7-14(9-10)11-4-5-12(15)8-11/h10-11H,4-9H2,1-3H3. The van der Waals surface area contributed by atoms with Crippen LogP contribution >= 0.6 is 0 Å². The molecule has 0 aromatic carbocycles. The molecule has 0 radical (unpaired) electrons. The van der Waals surface area contributed by atoms with Crippen LogP contribution in [0.3, 0.4) is 0 Å². The molecule has 0 aromatic heterocycles. The van der Waals surface area contributed by atoms with E-state index >= 15 is 0 Å². The van der Waals surface area contributed by atoms with Crippen molar-refractivity contribution in [3.8, 4) is 0 Å². The zero-order valence-corrected chi connectivity index (χ0v) is 10.3. The highest BCUT2D eigenvalue weighted by Crippen LogP contribution is 2.36. The van der Waals surface area contributed by atoms with Crippen molar-refractivity contribution in [2.75, 3.05) is 13.1 Å². The normalized spacial score (nSPS) is 33.9. The summed E-state index contributed by atoms with van der Waals surface area (Å²) in [6, 6.07) is 0.574. The largest absolute Gasteiger partial charge is 0.300 e. The Bertz CT molecular complexity index is 254. The molecule has 2 fully saturated rings.